The van der Waals surface area contributed by atoms with Crippen molar-refractivity contribution in [2.45, 2.75) is 52.0 Å². The molecule has 29 heavy (non-hydrogen) atoms. The highest BCUT2D eigenvalue weighted by atomic mass is 32.2. The van der Waals surface area contributed by atoms with Gasteiger partial charge in [0.2, 0.25) is 21.8 Å². The summed E-state index contributed by atoms with van der Waals surface area (Å²) < 4.78 is 35.4. The zero-order chi connectivity index (χ0) is 21.0. The van der Waals surface area contributed by atoms with Crippen molar-refractivity contribution in [3.8, 4) is 11.5 Å². The molecule has 0 radical (unpaired) electrons. The normalized spacial score (nSPS) is 12.0. The lowest BCUT2D eigenvalue weighted by Crippen LogP contribution is -2.33. The fraction of sp³-hybridized carbons (Fsp3) is 0.450. The first-order valence-corrected chi connectivity index (χ1v) is 11.2. The average molecular weight is 418 g/mol. The second kappa shape index (κ2) is 8.87. The van der Waals surface area contributed by atoms with Crippen LogP contribution >= 0.6 is 0 Å². The predicted octanol–water partition coefficient (Wildman–Crippen LogP) is 3.41. The molecule has 0 saturated carbocycles. The maximum Gasteiger partial charge on any atom is 0.247 e. The number of sulfonamides is 1. The number of nitrogens with zero attached hydrogens (tertiary/aromatic N) is 5. The number of benzene rings is 1. The maximum absolute atomic E-state index is 13.2. The van der Waals surface area contributed by atoms with Gasteiger partial charge < -0.3 is 4.42 Å². The quantitative estimate of drug-likeness (QED) is 0.530. The molecule has 0 bridgehead atoms. The van der Waals surface area contributed by atoms with Crippen LogP contribution in [-0.2, 0) is 16.6 Å². The Morgan fingerprint density at radius 3 is 2.31 bits per heavy atom. The van der Waals surface area contributed by atoms with Crippen molar-refractivity contribution in [2.24, 2.45) is 0 Å². The van der Waals surface area contributed by atoms with Crippen molar-refractivity contribution in [3.05, 3.63) is 47.6 Å². The molecule has 0 fully saturated rings. The zero-order valence-electron chi connectivity index (χ0n) is 17.3. The molecule has 3 aromatic rings. The summed E-state index contributed by atoms with van der Waals surface area (Å²) in [6.07, 6.45) is 1.52. The van der Waals surface area contributed by atoms with Gasteiger partial charge in [0.05, 0.1) is 11.4 Å². The number of rotatable bonds is 9. The number of hydrogen-bond donors (Lipinski definition) is 0. The van der Waals surface area contributed by atoms with Crippen LogP contribution in [0.5, 0.6) is 0 Å². The largest absolute Gasteiger partial charge is 0.419 e. The van der Waals surface area contributed by atoms with E-state index < -0.39 is 10.0 Å². The van der Waals surface area contributed by atoms with Gasteiger partial charge in [0.15, 0.2) is 0 Å². The fourth-order valence-corrected chi connectivity index (χ4v) is 5.33. The molecule has 2 aromatic heterocycles. The van der Waals surface area contributed by atoms with E-state index in [0.29, 0.717) is 36.3 Å². The molecule has 1 aromatic carbocycles. The van der Waals surface area contributed by atoms with E-state index in [-0.39, 0.29) is 11.4 Å². The molecular weight excluding hydrogens is 390 g/mol. The molecule has 3 rings (SSSR count). The number of aromatic nitrogens is 4. The lowest BCUT2D eigenvalue weighted by atomic mass is 10.2. The van der Waals surface area contributed by atoms with Gasteiger partial charge in [-0.2, -0.15) is 9.40 Å². The standard InChI is InChI=1S/C20H27N5O3S/c1-5-12-24(13-6-2)29(26,27)19-15(3)23-25(16(19)4)14-18-21-22-20(28-18)17-10-8-7-9-11-17/h7-11H,5-6,12-14H2,1-4H3. The third-order valence-corrected chi connectivity index (χ3v) is 6.78. The zero-order valence-corrected chi connectivity index (χ0v) is 18.1. The average Bonchev–Trinajstić information content (AvgIpc) is 3.27. The number of hydrogen-bond acceptors (Lipinski definition) is 6. The van der Waals surface area contributed by atoms with Crippen molar-refractivity contribution < 1.29 is 12.8 Å². The third kappa shape index (κ3) is 4.40. The van der Waals surface area contributed by atoms with Crippen LogP contribution in [0.15, 0.2) is 39.6 Å². The van der Waals surface area contributed by atoms with Crippen LogP contribution in [0, 0.1) is 13.8 Å². The topological polar surface area (TPSA) is 94.1 Å². The van der Waals surface area contributed by atoms with Gasteiger partial charge in [-0.05, 0) is 38.8 Å². The summed E-state index contributed by atoms with van der Waals surface area (Å²) >= 11 is 0. The second-order valence-electron chi connectivity index (χ2n) is 6.93. The Kier molecular flexibility index (Phi) is 6.49. The molecule has 0 saturated heterocycles. The van der Waals surface area contributed by atoms with E-state index in [1.54, 1.807) is 18.5 Å². The van der Waals surface area contributed by atoms with Gasteiger partial charge in [-0.1, -0.05) is 32.0 Å². The molecular formula is C20H27N5O3S. The lowest BCUT2D eigenvalue weighted by Gasteiger charge is -2.21. The summed E-state index contributed by atoms with van der Waals surface area (Å²) in [7, 11) is -3.61. The van der Waals surface area contributed by atoms with Crippen molar-refractivity contribution in [3.63, 3.8) is 0 Å². The minimum Gasteiger partial charge on any atom is -0.419 e. The van der Waals surface area contributed by atoms with Crippen LogP contribution in [0.25, 0.3) is 11.5 Å². The van der Waals surface area contributed by atoms with E-state index in [0.717, 1.165) is 18.4 Å². The monoisotopic (exact) mass is 417 g/mol. The molecule has 0 atom stereocenters. The fourth-order valence-electron chi connectivity index (χ4n) is 3.33. The Labute approximate surface area is 171 Å². The van der Waals surface area contributed by atoms with Gasteiger partial charge in [-0.3, -0.25) is 4.68 Å². The highest BCUT2D eigenvalue weighted by Crippen LogP contribution is 2.25. The van der Waals surface area contributed by atoms with Gasteiger partial charge in [0.1, 0.15) is 11.4 Å². The van der Waals surface area contributed by atoms with E-state index >= 15 is 0 Å². The third-order valence-electron chi connectivity index (χ3n) is 4.63. The van der Waals surface area contributed by atoms with Crippen molar-refractivity contribution >= 4 is 10.0 Å². The van der Waals surface area contributed by atoms with Crippen molar-refractivity contribution in [1.82, 2.24) is 24.3 Å². The first-order valence-electron chi connectivity index (χ1n) is 9.80. The van der Waals surface area contributed by atoms with Gasteiger partial charge in [-0.15, -0.1) is 10.2 Å². The Morgan fingerprint density at radius 2 is 1.69 bits per heavy atom. The Morgan fingerprint density at radius 1 is 1.03 bits per heavy atom. The van der Waals surface area contributed by atoms with Gasteiger partial charge >= 0.3 is 0 Å². The maximum atomic E-state index is 13.2. The van der Waals surface area contributed by atoms with Crippen LogP contribution in [-0.4, -0.2) is 45.8 Å². The Balaban J connectivity index is 1.89. The Hall–Kier alpha value is -2.52. The SMILES string of the molecule is CCCN(CCC)S(=O)(=O)c1c(C)nn(Cc2nnc(-c3ccccc3)o2)c1C. The van der Waals surface area contributed by atoms with Crippen LogP contribution in [0.4, 0.5) is 0 Å². The summed E-state index contributed by atoms with van der Waals surface area (Å²) in [5, 5.41) is 12.6. The number of aryl methyl sites for hydroxylation is 1. The summed E-state index contributed by atoms with van der Waals surface area (Å²) in [5.41, 5.74) is 1.87. The molecule has 8 nitrogen and oxygen atoms in total. The molecule has 0 aliphatic heterocycles. The van der Waals surface area contributed by atoms with Crippen LogP contribution < -0.4 is 0 Å². The van der Waals surface area contributed by atoms with Crippen molar-refractivity contribution in [2.75, 3.05) is 13.1 Å². The van der Waals surface area contributed by atoms with E-state index in [1.807, 2.05) is 44.2 Å². The summed E-state index contributed by atoms with van der Waals surface area (Å²) in [6, 6.07) is 9.49. The lowest BCUT2D eigenvalue weighted by molar-refractivity contribution is 0.409. The predicted molar refractivity (Wildman–Crippen MR) is 110 cm³/mol. The first-order chi connectivity index (χ1) is 13.9. The molecule has 2 heterocycles. The molecule has 0 unspecified atom stereocenters. The van der Waals surface area contributed by atoms with Gasteiger partial charge in [0, 0.05) is 18.7 Å². The molecule has 0 amide bonds. The van der Waals surface area contributed by atoms with E-state index in [9.17, 15) is 8.42 Å². The highest BCUT2D eigenvalue weighted by molar-refractivity contribution is 7.89. The second-order valence-corrected chi connectivity index (χ2v) is 8.80. The van der Waals surface area contributed by atoms with Crippen LogP contribution in [0.2, 0.25) is 0 Å². The van der Waals surface area contributed by atoms with E-state index in [2.05, 4.69) is 15.3 Å². The summed E-state index contributed by atoms with van der Waals surface area (Å²) in [6.45, 7) is 8.62. The first kappa shape index (κ1) is 21.2. The molecule has 156 valence electrons. The van der Waals surface area contributed by atoms with Gasteiger partial charge in [-0.25, -0.2) is 8.42 Å². The van der Waals surface area contributed by atoms with E-state index in [4.69, 9.17) is 4.42 Å². The minimum atomic E-state index is -3.61. The molecule has 0 spiro atoms. The smallest absolute Gasteiger partial charge is 0.247 e. The molecule has 0 aliphatic carbocycles. The minimum absolute atomic E-state index is 0.212. The van der Waals surface area contributed by atoms with Crippen LogP contribution in [0.1, 0.15) is 44.0 Å². The van der Waals surface area contributed by atoms with E-state index in [1.165, 1.54) is 4.31 Å². The molecule has 0 aliphatic rings. The van der Waals surface area contributed by atoms with Gasteiger partial charge in [0.25, 0.3) is 0 Å². The van der Waals surface area contributed by atoms with Crippen LogP contribution in [0.3, 0.4) is 0 Å². The molecule has 9 heteroatoms. The molecule has 0 N–H and O–H groups in total. The highest BCUT2D eigenvalue weighted by Gasteiger charge is 2.30. The summed E-state index contributed by atoms with van der Waals surface area (Å²) in [5.74, 6) is 0.796. The Bertz CT molecular complexity index is 1050. The summed E-state index contributed by atoms with van der Waals surface area (Å²) in [4.78, 5) is 0.266. The van der Waals surface area contributed by atoms with Crippen molar-refractivity contribution in [1.29, 1.82) is 0 Å².